The molecule has 3 rings (SSSR count). The Morgan fingerprint density at radius 2 is 2.05 bits per heavy atom. The molecule has 0 bridgehead atoms. The van der Waals surface area contributed by atoms with Crippen molar-refractivity contribution in [2.24, 2.45) is 5.92 Å². The van der Waals surface area contributed by atoms with Crippen molar-refractivity contribution in [3.63, 3.8) is 0 Å². The van der Waals surface area contributed by atoms with Gasteiger partial charge >= 0.3 is 0 Å². The second-order valence-corrected chi connectivity index (χ2v) is 5.81. The molecule has 0 spiro atoms. The summed E-state index contributed by atoms with van der Waals surface area (Å²) in [4.78, 5) is 11.8. The largest absolute Gasteiger partial charge is 0.454 e. The molecule has 0 saturated carbocycles. The van der Waals surface area contributed by atoms with Gasteiger partial charge < -0.3 is 14.8 Å². The Morgan fingerprint density at radius 1 is 1.23 bits per heavy atom. The Labute approximate surface area is 130 Å². The third-order valence-corrected chi connectivity index (χ3v) is 4.10. The lowest BCUT2D eigenvalue weighted by atomic mass is 10.0. The molecule has 1 fully saturated rings. The standard InChI is InChI=1S/C16H23N3O3/c20-16(3-1-2-13-9-18-19-10-13)17-7-6-12-4-5-14-15(8-12)22-11-21-14/h4-5,8,13,18-19H,1-3,6-7,9-11H2,(H,17,20). The molecule has 6 nitrogen and oxygen atoms in total. The molecule has 120 valence electrons. The van der Waals surface area contributed by atoms with Crippen LogP contribution in [0.3, 0.4) is 0 Å². The van der Waals surface area contributed by atoms with E-state index in [1.807, 2.05) is 18.2 Å². The number of hydrazine groups is 1. The van der Waals surface area contributed by atoms with Gasteiger partial charge in [-0.1, -0.05) is 6.07 Å². The van der Waals surface area contributed by atoms with Gasteiger partial charge in [-0.25, -0.2) is 0 Å². The summed E-state index contributed by atoms with van der Waals surface area (Å²) in [5, 5.41) is 2.98. The molecule has 1 aromatic rings. The molecule has 2 aliphatic heterocycles. The van der Waals surface area contributed by atoms with E-state index >= 15 is 0 Å². The van der Waals surface area contributed by atoms with E-state index in [0.29, 0.717) is 25.7 Å². The zero-order valence-electron chi connectivity index (χ0n) is 12.7. The number of nitrogens with one attached hydrogen (secondary N) is 3. The molecule has 0 aliphatic carbocycles. The van der Waals surface area contributed by atoms with Gasteiger partial charge in [0.05, 0.1) is 0 Å². The van der Waals surface area contributed by atoms with Crippen molar-refractivity contribution in [2.45, 2.75) is 25.7 Å². The summed E-state index contributed by atoms with van der Waals surface area (Å²) in [5.41, 5.74) is 7.37. The molecule has 3 N–H and O–H groups in total. The van der Waals surface area contributed by atoms with Crippen LogP contribution in [0.4, 0.5) is 0 Å². The highest BCUT2D eigenvalue weighted by Crippen LogP contribution is 2.32. The van der Waals surface area contributed by atoms with E-state index < -0.39 is 0 Å². The first kappa shape index (κ1) is 15.1. The normalized spacial score (nSPS) is 16.9. The summed E-state index contributed by atoms with van der Waals surface area (Å²) in [6.45, 7) is 2.96. The average molecular weight is 305 g/mol. The number of benzene rings is 1. The lowest BCUT2D eigenvalue weighted by molar-refractivity contribution is -0.121. The number of fused-ring (bicyclic) bond motifs is 1. The third-order valence-electron chi connectivity index (χ3n) is 4.10. The Balaban J connectivity index is 1.31. The predicted molar refractivity (Wildman–Crippen MR) is 82.6 cm³/mol. The molecule has 1 aromatic carbocycles. The topological polar surface area (TPSA) is 71.6 Å². The van der Waals surface area contributed by atoms with Crippen LogP contribution in [0.25, 0.3) is 0 Å². The molecule has 1 saturated heterocycles. The highest BCUT2D eigenvalue weighted by molar-refractivity contribution is 5.75. The number of carbonyl (C=O) groups excluding carboxylic acids is 1. The lowest BCUT2D eigenvalue weighted by Crippen LogP contribution is -2.25. The van der Waals surface area contributed by atoms with E-state index in [0.717, 1.165) is 49.4 Å². The summed E-state index contributed by atoms with van der Waals surface area (Å²) < 4.78 is 10.6. The second kappa shape index (κ2) is 7.47. The molecule has 6 heteroatoms. The van der Waals surface area contributed by atoms with Crippen LogP contribution in [0.15, 0.2) is 18.2 Å². The minimum absolute atomic E-state index is 0.139. The van der Waals surface area contributed by atoms with Gasteiger partial charge in [-0.2, -0.15) is 0 Å². The molecule has 2 heterocycles. The monoisotopic (exact) mass is 305 g/mol. The first-order chi connectivity index (χ1) is 10.8. The van der Waals surface area contributed by atoms with Gasteiger partial charge in [-0.15, -0.1) is 0 Å². The van der Waals surface area contributed by atoms with Crippen LogP contribution in [0.1, 0.15) is 24.8 Å². The summed E-state index contributed by atoms with van der Waals surface area (Å²) in [6.07, 6.45) is 3.45. The first-order valence-electron chi connectivity index (χ1n) is 7.92. The Morgan fingerprint density at radius 3 is 2.91 bits per heavy atom. The Bertz CT molecular complexity index is 515. The minimum Gasteiger partial charge on any atom is -0.454 e. The van der Waals surface area contributed by atoms with E-state index in [9.17, 15) is 4.79 Å². The summed E-state index contributed by atoms with van der Waals surface area (Å²) in [5.74, 6) is 2.38. The molecular weight excluding hydrogens is 282 g/mol. The van der Waals surface area contributed by atoms with Crippen LogP contribution in [-0.2, 0) is 11.2 Å². The maximum atomic E-state index is 11.8. The van der Waals surface area contributed by atoms with Gasteiger partial charge in [-0.05, 0) is 42.9 Å². The third kappa shape index (κ3) is 4.11. The maximum absolute atomic E-state index is 11.8. The zero-order chi connectivity index (χ0) is 15.2. The Hall–Kier alpha value is -1.79. The van der Waals surface area contributed by atoms with Crippen LogP contribution >= 0.6 is 0 Å². The lowest BCUT2D eigenvalue weighted by Gasteiger charge is -2.08. The van der Waals surface area contributed by atoms with E-state index in [1.54, 1.807) is 0 Å². The van der Waals surface area contributed by atoms with Crippen LogP contribution in [0.5, 0.6) is 11.5 Å². The maximum Gasteiger partial charge on any atom is 0.231 e. The highest BCUT2D eigenvalue weighted by Gasteiger charge is 2.14. The van der Waals surface area contributed by atoms with E-state index in [-0.39, 0.29) is 5.91 Å². The fourth-order valence-corrected chi connectivity index (χ4v) is 2.79. The van der Waals surface area contributed by atoms with E-state index in [2.05, 4.69) is 16.2 Å². The fraction of sp³-hybridized carbons (Fsp3) is 0.562. The van der Waals surface area contributed by atoms with E-state index in [4.69, 9.17) is 9.47 Å². The first-order valence-corrected chi connectivity index (χ1v) is 7.92. The number of hydrogen-bond donors (Lipinski definition) is 3. The van der Waals surface area contributed by atoms with Crippen molar-refractivity contribution in [3.05, 3.63) is 23.8 Å². The summed E-state index contributed by atoms with van der Waals surface area (Å²) in [7, 11) is 0. The molecule has 0 atom stereocenters. The van der Waals surface area contributed by atoms with Crippen molar-refractivity contribution in [1.29, 1.82) is 0 Å². The second-order valence-electron chi connectivity index (χ2n) is 5.81. The van der Waals surface area contributed by atoms with Crippen molar-refractivity contribution in [1.82, 2.24) is 16.2 Å². The predicted octanol–water partition coefficient (Wildman–Crippen LogP) is 0.968. The fourth-order valence-electron chi connectivity index (χ4n) is 2.79. The number of carbonyl (C=O) groups is 1. The van der Waals surface area contributed by atoms with Gasteiger partial charge in [0.2, 0.25) is 12.7 Å². The minimum atomic E-state index is 0.139. The smallest absolute Gasteiger partial charge is 0.231 e. The number of ether oxygens (including phenoxy) is 2. The average Bonchev–Trinajstić information content (AvgIpc) is 3.17. The SMILES string of the molecule is O=C(CCCC1CNNC1)NCCc1ccc2c(c1)OCO2. The molecule has 0 aromatic heterocycles. The number of hydrogen-bond acceptors (Lipinski definition) is 5. The molecule has 2 aliphatic rings. The van der Waals surface area contributed by atoms with Gasteiger partial charge in [0.1, 0.15) is 0 Å². The van der Waals surface area contributed by atoms with Crippen molar-refractivity contribution in [2.75, 3.05) is 26.4 Å². The van der Waals surface area contributed by atoms with Gasteiger partial charge in [-0.3, -0.25) is 15.6 Å². The van der Waals surface area contributed by atoms with Gasteiger partial charge in [0.25, 0.3) is 0 Å². The summed E-state index contributed by atoms with van der Waals surface area (Å²) >= 11 is 0. The molecule has 0 radical (unpaired) electrons. The zero-order valence-corrected chi connectivity index (χ0v) is 12.7. The van der Waals surface area contributed by atoms with Gasteiger partial charge in [0.15, 0.2) is 11.5 Å². The number of rotatable bonds is 7. The molecule has 22 heavy (non-hydrogen) atoms. The summed E-state index contributed by atoms with van der Waals surface area (Å²) in [6, 6.07) is 5.91. The van der Waals surface area contributed by atoms with Gasteiger partial charge in [0, 0.05) is 26.1 Å². The molecule has 0 unspecified atom stereocenters. The van der Waals surface area contributed by atoms with Crippen LogP contribution < -0.4 is 25.6 Å². The quantitative estimate of drug-likeness (QED) is 0.700. The molecule has 1 amide bonds. The van der Waals surface area contributed by atoms with Crippen molar-refractivity contribution in [3.8, 4) is 11.5 Å². The highest BCUT2D eigenvalue weighted by atomic mass is 16.7. The molecular formula is C16H23N3O3. The van der Waals surface area contributed by atoms with Crippen molar-refractivity contribution < 1.29 is 14.3 Å². The Kier molecular flexibility index (Phi) is 5.13. The van der Waals surface area contributed by atoms with E-state index in [1.165, 1.54) is 0 Å². The van der Waals surface area contributed by atoms with Crippen LogP contribution in [-0.4, -0.2) is 32.3 Å². The van der Waals surface area contributed by atoms with Crippen molar-refractivity contribution >= 4 is 5.91 Å². The van der Waals surface area contributed by atoms with Crippen LogP contribution in [0, 0.1) is 5.92 Å². The van der Waals surface area contributed by atoms with Crippen LogP contribution in [0.2, 0.25) is 0 Å². The number of amides is 1.